The van der Waals surface area contributed by atoms with Gasteiger partial charge < -0.3 is 10.2 Å². The Labute approximate surface area is 128 Å². The van der Waals surface area contributed by atoms with Crippen molar-refractivity contribution in [2.75, 3.05) is 26.2 Å². The zero-order valence-corrected chi connectivity index (χ0v) is 13.0. The number of halogens is 1. The molecule has 1 aromatic rings. The third-order valence-corrected chi connectivity index (χ3v) is 3.85. The molecular formula is C16H25ClN2O. The molecule has 0 radical (unpaired) electrons. The van der Waals surface area contributed by atoms with E-state index in [4.69, 9.17) is 0 Å². The summed E-state index contributed by atoms with van der Waals surface area (Å²) in [6.07, 6.45) is 3.10. The fraction of sp³-hybridized carbons (Fsp3) is 0.562. The van der Waals surface area contributed by atoms with Gasteiger partial charge in [0, 0.05) is 19.6 Å². The Hall–Kier alpha value is -1.06. The molecule has 1 atom stereocenters. The van der Waals surface area contributed by atoms with Gasteiger partial charge in [-0.25, -0.2) is 0 Å². The lowest BCUT2D eigenvalue weighted by atomic mass is 9.98. The van der Waals surface area contributed by atoms with Crippen LogP contribution in [0.2, 0.25) is 0 Å². The highest BCUT2D eigenvalue weighted by molar-refractivity contribution is 5.85. The number of rotatable bonds is 5. The summed E-state index contributed by atoms with van der Waals surface area (Å²) in [7, 11) is 0. The van der Waals surface area contributed by atoms with E-state index >= 15 is 0 Å². The quantitative estimate of drug-likeness (QED) is 0.905. The smallest absolute Gasteiger partial charge is 0.226 e. The molecular weight excluding hydrogens is 272 g/mol. The highest BCUT2D eigenvalue weighted by Gasteiger charge is 2.24. The number of carbonyl (C=O) groups is 1. The van der Waals surface area contributed by atoms with E-state index in [0.717, 1.165) is 45.4 Å². The molecule has 1 heterocycles. The zero-order chi connectivity index (χ0) is 13.5. The van der Waals surface area contributed by atoms with Crippen LogP contribution in [0.5, 0.6) is 0 Å². The topological polar surface area (TPSA) is 32.3 Å². The van der Waals surface area contributed by atoms with Crippen molar-refractivity contribution in [3.63, 3.8) is 0 Å². The highest BCUT2D eigenvalue weighted by Crippen LogP contribution is 2.14. The van der Waals surface area contributed by atoms with Gasteiger partial charge in [0.25, 0.3) is 0 Å². The van der Waals surface area contributed by atoms with Crippen LogP contribution < -0.4 is 5.32 Å². The molecule has 4 heteroatoms. The van der Waals surface area contributed by atoms with E-state index in [9.17, 15) is 4.79 Å². The maximum absolute atomic E-state index is 12.4. The number of likely N-dealkylation sites (N-methyl/N-ethyl adjacent to an activating group) is 1. The van der Waals surface area contributed by atoms with E-state index in [0.29, 0.717) is 5.91 Å². The molecule has 20 heavy (non-hydrogen) atoms. The Kier molecular flexibility index (Phi) is 7.63. The predicted molar refractivity (Wildman–Crippen MR) is 85.2 cm³/mol. The molecule has 0 spiro atoms. The predicted octanol–water partition coefficient (Wildman–Crippen LogP) is 2.50. The van der Waals surface area contributed by atoms with Crippen LogP contribution in [0.3, 0.4) is 0 Å². The second-order valence-electron chi connectivity index (χ2n) is 5.20. The van der Waals surface area contributed by atoms with Crippen LogP contribution in [0.1, 0.15) is 25.3 Å². The normalized spacial score (nSPS) is 18.1. The summed E-state index contributed by atoms with van der Waals surface area (Å²) in [5.41, 5.74) is 1.30. The van der Waals surface area contributed by atoms with E-state index in [-0.39, 0.29) is 18.3 Å². The van der Waals surface area contributed by atoms with Crippen LogP contribution in [0.4, 0.5) is 0 Å². The van der Waals surface area contributed by atoms with E-state index in [1.54, 1.807) is 0 Å². The van der Waals surface area contributed by atoms with Gasteiger partial charge in [0.2, 0.25) is 5.91 Å². The molecule has 1 fully saturated rings. The van der Waals surface area contributed by atoms with E-state index < -0.39 is 0 Å². The van der Waals surface area contributed by atoms with E-state index in [2.05, 4.69) is 36.5 Å². The summed E-state index contributed by atoms with van der Waals surface area (Å²) in [6, 6.07) is 10.4. The second kappa shape index (κ2) is 8.98. The van der Waals surface area contributed by atoms with Gasteiger partial charge in [-0.15, -0.1) is 12.4 Å². The van der Waals surface area contributed by atoms with Crippen molar-refractivity contribution >= 4 is 18.3 Å². The van der Waals surface area contributed by atoms with Gasteiger partial charge in [0.15, 0.2) is 0 Å². The van der Waals surface area contributed by atoms with Crippen molar-refractivity contribution < 1.29 is 4.79 Å². The summed E-state index contributed by atoms with van der Waals surface area (Å²) in [5.74, 6) is 0.509. The summed E-state index contributed by atoms with van der Waals surface area (Å²) in [4.78, 5) is 14.4. The first-order valence-electron chi connectivity index (χ1n) is 7.34. The molecule has 1 amide bonds. The molecule has 0 aromatic heterocycles. The van der Waals surface area contributed by atoms with Crippen LogP contribution in [-0.4, -0.2) is 37.0 Å². The summed E-state index contributed by atoms with van der Waals surface area (Å²) < 4.78 is 0. The Balaban J connectivity index is 0.00000200. The Morgan fingerprint density at radius 3 is 2.70 bits per heavy atom. The lowest BCUT2D eigenvalue weighted by molar-refractivity contribution is -0.135. The molecule has 1 saturated heterocycles. The van der Waals surface area contributed by atoms with Crippen molar-refractivity contribution in [3.8, 4) is 0 Å². The lowest BCUT2D eigenvalue weighted by Gasteiger charge is -2.29. The molecule has 0 saturated carbocycles. The van der Waals surface area contributed by atoms with Gasteiger partial charge in [0.05, 0.1) is 5.92 Å². The molecule has 1 aromatic carbocycles. The third kappa shape index (κ3) is 4.80. The highest BCUT2D eigenvalue weighted by atomic mass is 35.5. The number of hydrogen-bond donors (Lipinski definition) is 1. The van der Waals surface area contributed by atoms with Crippen molar-refractivity contribution in [2.45, 2.75) is 26.2 Å². The molecule has 112 valence electrons. The van der Waals surface area contributed by atoms with Gasteiger partial charge in [0.1, 0.15) is 0 Å². The SMILES string of the molecule is CCN(CCc1ccccc1)C(=O)[C@@H]1CCCNC1.Cl. The number of nitrogens with zero attached hydrogens (tertiary/aromatic N) is 1. The van der Waals surface area contributed by atoms with Crippen LogP contribution in [0, 0.1) is 5.92 Å². The van der Waals surface area contributed by atoms with Gasteiger partial charge in [-0.1, -0.05) is 30.3 Å². The summed E-state index contributed by atoms with van der Waals surface area (Å²) in [6.45, 7) is 5.61. The van der Waals surface area contributed by atoms with Gasteiger partial charge in [-0.05, 0) is 38.3 Å². The maximum Gasteiger partial charge on any atom is 0.226 e. The molecule has 1 aliphatic rings. The number of hydrogen-bond acceptors (Lipinski definition) is 2. The molecule has 0 bridgehead atoms. The van der Waals surface area contributed by atoms with Crippen molar-refractivity contribution in [1.82, 2.24) is 10.2 Å². The molecule has 1 aliphatic heterocycles. The Bertz CT molecular complexity index is 391. The lowest BCUT2D eigenvalue weighted by Crippen LogP contribution is -2.43. The fourth-order valence-corrected chi connectivity index (χ4v) is 2.65. The standard InChI is InChI=1S/C16H24N2O.ClH/c1-2-18(12-10-14-7-4-3-5-8-14)16(19)15-9-6-11-17-13-15;/h3-5,7-8,15,17H,2,6,9-13H2,1H3;1H/t15-;/m1./s1. The summed E-state index contributed by atoms with van der Waals surface area (Å²) in [5, 5.41) is 3.32. The van der Waals surface area contributed by atoms with Gasteiger partial charge >= 0.3 is 0 Å². The average molecular weight is 297 g/mol. The molecule has 3 nitrogen and oxygen atoms in total. The van der Waals surface area contributed by atoms with Gasteiger partial charge in [-0.2, -0.15) is 0 Å². The Morgan fingerprint density at radius 2 is 2.10 bits per heavy atom. The molecule has 1 N–H and O–H groups in total. The minimum atomic E-state index is 0. The average Bonchev–Trinajstić information content (AvgIpc) is 2.49. The zero-order valence-electron chi connectivity index (χ0n) is 12.2. The van der Waals surface area contributed by atoms with E-state index in [1.807, 2.05) is 11.0 Å². The van der Waals surface area contributed by atoms with Crippen LogP contribution >= 0.6 is 12.4 Å². The van der Waals surface area contributed by atoms with Crippen molar-refractivity contribution in [2.24, 2.45) is 5.92 Å². The van der Waals surface area contributed by atoms with Crippen molar-refractivity contribution in [3.05, 3.63) is 35.9 Å². The van der Waals surface area contributed by atoms with Crippen molar-refractivity contribution in [1.29, 1.82) is 0 Å². The number of piperidine rings is 1. The first-order valence-corrected chi connectivity index (χ1v) is 7.34. The van der Waals surface area contributed by atoms with Crippen LogP contribution in [-0.2, 0) is 11.2 Å². The number of nitrogens with one attached hydrogen (secondary N) is 1. The number of amides is 1. The minimum absolute atomic E-state index is 0. The van der Waals surface area contributed by atoms with Crippen LogP contribution in [0.25, 0.3) is 0 Å². The maximum atomic E-state index is 12.4. The molecule has 2 rings (SSSR count). The van der Waals surface area contributed by atoms with Gasteiger partial charge in [-0.3, -0.25) is 4.79 Å². The fourth-order valence-electron chi connectivity index (χ4n) is 2.65. The van der Waals surface area contributed by atoms with Crippen LogP contribution in [0.15, 0.2) is 30.3 Å². The number of benzene rings is 1. The number of carbonyl (C=O) groups excluding carboxylic acids is 1. The Morgan fingerprint density at radius 1 is 1.35 bits per heavy atom. The van der Waals surface area contributed by atoms with E-state index in [1.165, 1.54) is 5.56 Å². The first-order chi connectivity index (χ1) is 9.31. The summed E-state index contributed by atoms with van der Waals surface area (Å²) >= 11 is 0. The minimum Gasteiger partial charge on any atom is -0.342 e. The molecule has 0 aliphatic carbocycles. The first kappa shape index (κ1) is 17.0. The monoisotopic (exact) mass is 296 g/mol. The second-order valence-corrected chi connectivity index (χ2v) is 5.20. The molecule has 0 unspecified atom stereocenters. The third-order valence-electron chi connectivity index (χ3n) is 3.85. The largest absolute Gasteiger partial charge is 0.342 e.